The van der Waals surface area contributed by atoms with E-state index in [4.69, 9.17) is 4.74 Å². The molecule has 2 aromatic carbocycles. The highest BCUT2D eigenvalue weighted by atomic mass is 79.9. The van der Waals surface area contributed by atoms with Crippen molar-refractivity contribution in [2.75, 3.05) is 6.61 Å². The standard InChI is InChI=1S/C25H33BrN2O3/c1-6-18(4)27-25(30)19(5)28(15-20-7-11-22(26)12-8-20)24(29)16-31-23-13-9-21(10-14-23)17(2)3/h7-14,17-19H,6,15-16H2,1-5H3,(H,27,30)/t18-,19-/m0/s1. The average molecular weight is 489 g/mol. The zero-order valence-electron chi connectivity index (χ0n) is 19.0. The molecule has 0 spiro atoms. The van der Waals surface area contributed by atoms with Gasteiger partial charge in [-0.3, -0.25) is 9.59 Å². The molecular formula is C25H33BrN2O3. The molecule has 0 fully saturated rings. The summed E-state index contributed by atoms with van der Waals surface area (Å²) >= 11 is 3.43. The maximum absolute atomic E-state index is 13.1. The maximum atomic E-state index is 13.1. The molecule has 0 aliphatic carbocycles. The van der Waals surface area contributed by atoms with Crippen LogP contribution in [0.1, 0.15) is 58.1 Å². The molecule has 31 heavy (non-hydrogen) atoms. The predicted octanol–water partition coefficient (Wildman–Crippen LogP) is 5.28. The van der Waals surface area contributed by atoms with Crippen LogP contribution in [0.5, 0.6) is 5.75 Å². The van der Waals surface area contributed by atoms with Crippen LogP contribution in [-0.2, 0) is 16.1 Å². The third-order valence-corrected chi connectivity index (χ3v) is 5.87. The summed E-state index contributed by atoms with van der Waals surface area (Å²) in [4.78, 5) is 27.4. The van der Waals surface area contributed by atoms with Crippen molar-refractivity contribution >= 4 is 27.7 Å². The number of carbonyl (C=O) groups excluding carboxylic acids is 2. The molecule has 2 atom stereocenters. The van der Waals surface area contributed by atoms with E-state index in [2.05, 4.69) is 35.1 Å². The summed E-state index contributed by atoms with van der Waals surface area (Å²) in [5.74, 6) is 0.670. The van der Waals surface area contributed by atoms with Crippen LogP contribution in [0.3, 0.4) is 0 Å². The van der Waals surface area contributed by atoms with Gasteiger partial charge in [0.15, 0.2) is 6.61 Å². The lowest BCUT2D eigenvalue weighted by Gasteiger charge is -2.29. The van der Waals surface area contributed by atoms with Gasteiger partial charge in [0.1, 0.15) is 11.8 Å². The van der Waals surface area contributed by atoms with Gasteiger partial charge in [-0.15, -0.1) is 0 Å². The van der Waals surface area contributed by atoms with Crippen molar-refractivity contribution in [1.29, 1.82) is 0 Å². The third-order valence-electron chi connectivity index (χ3n) is 5.34. The summed E-state index contributed by atoms with van der Waals surface area (Å²) in [6.45, 7) is 10.2. The van der Waals surface area contributed by atoms with Crippen molar-refractivity contribution in [3.63, 3.8) is 0 Å². The molecule has 6 heteroatoms. The van der Waals surface area contributed by atoms with Crippen molar-refractivity contribution in [1.82, 2.24) is 10.2 Å². The van der Waals surface area contributed by atoms with Crippen LogP contribution in [0.4, 0.5) is 0 Å². The summed E-state index contributed by atoms with van der Waals surface area (Å²) in [5, 5.41) is 2.97. The summed E-state index contributed by atoms with van der Waals surface area (Å²) in [5.41, 5.74) is 2.16. The summed E-state index contributed by atoms with van der Waals surface area (Å²) in [6, 6.07) is 14.9. The number of nitrogens with one attached hydrogen (secondary N) is 1. The molecule has 5 nitrogen and oxygen atoms in total. The van der Waals surface area contributed by atoms with E-state index in [9.17, 15) is 9.59 Å². The first-order chi connectivity index (χ1) is 14.7. The minimum absolute atomic E-state index is 0.0512. The number of halogens is 1. The lowest BCUT2D eigenvalue weighted by molar-refractivity contribution is -0.142. The molecular weight excluding hydrogens is 456 g/mol. The number of amides is 2. The van der Waals surface area contributed by atoms with Crippen molar-refractivity contribution in [3.8, 4) is 5.75 Å². The van der Waals surface area contributed by atoms with Gasteiger partial charge in [0, 0.05) is 17.1 Å². The Bertz CT molecular complexity index is 850. The lowest BCUT2D eigenvalue weighted by Crippen LogP contribution is -2.50. The highest BCUT2D eigenvalue weighted by Gasteiger charge is 2.27. The fourth-order valence-electron chi connectivity index (χ4n) is 3.01. The second-order valence-electron chi connectivity index (χ2n) is 8.15. The first kappa shape index (κ1) is 24.9. The highest BCUT2D eigenvalue weighted by molar-refractivity contribution is 9.10. The van der Waals surface area contributed by atoms with Gasteiger partial charge in [-0.2, -0.15) is 0 Å². The molecule has 0 aliphatic rings. The maximum Gasteiger partial charge on any atom is 0.261 e. The fraction of sp³-hybridized carbons (Fsp3) is 0.440. The molecule has 0 bridgehead atoms. The van der Waals surface area contributed by atoms with E-state index in [0.717, 1.165) is 16.5 Å². The van der Waals surface area contributed by atoms with Crippen LogP contribution in [0.25, 0.3) is 0 Å². The number of benzene rings is 2. The molecule has 168 valence electrons. The lowest BCUT2D eigenvalue weighted by atomic mass is 10.0. The molecule has 0 aromatic heterocycles. The molecule has 2 aromatic rings. The largest absolute Gasteiger partial charge is 0.484 e. The van der Waals surface area contributed by atoms with E-state index in [1.54, 1.807) is 11.8 Å². The van der Waals surface area contributed by atoms with E-state index < -0.39 is 6.04 Å². The van der Waals surface area contributed by atoms with E-state index in [0.29, 0.717) is 18.2 Å². The Balaban J connectivity index is 2.12. The smallest absolute Gasteiger partial charge is 0.261 e. The number of rotatable bonds is 10. The Morgan fingerprint density at radius 2 is 1.61 bits per heavy atom. The van der Waals surface area contributed by atoms with Gasteiger partial charge in [0.2, 0.25) is 5.91 Å². The second kappa shape index (κ2) is 11.9. The Morgan fingerprint density at radius 3 is 2.16 bits per heavy atom. The Morgan fingerprint density at radius 1 is 1.00 bits per heavy atom. The Kier molecular flexibility index (Phi) is 9.56. The van der Waals surface area contributed by atoms with E-state index in [1.807, 2.05) is 62.4 Å². The highest BCUT2D eigenvalue weighted by Crippen LogP contribution is 2.19. The zero-order valence-corrected chi connectivity index (χ0v) is 20.6. The van der Waals surface area contributed by atoms with Gasteiger partial charge in [-0.25, -0.2) is 0 Å². The summed E-state index contributed by atoms with van der Waals surface area (Å²) in [6.07, 6.45) is 0.828. The molecule has 0 heterocycles. The van der Waals surface area contributed by atoms with Crippen LogP contribution in [0.2, 0.25) is 0 Å². The molecule has 0 radical (unpaired) electrons. The fourth-order valence-corrected chi connectivity index (χ4v) is 3.28. The summed E-state index contributed by atoms with van der Waals surface area (Å²) in [7, 11) is 0. The van der Waals surface area contributed by atoms with Crippen LogP contribution in [0, 0.1) is 0 Å². The quantitative estimate of drug-likeness (QED) is 0.494. The average Bonchev–Trinajstić information content (AvgIpc) is 2.76. The molecule has 1 N–H and O–H groups in total. The van der Waals surface area contributed by atoms with Crippen LogP contribution in [-0.4, -0.2) is 35.4 Å². The Hall–Kier alpha value is -2.34. The van der Waals surface area contributed by atoms with Gasteiger partial charge >= 0.3 is 0 Å². The molecule has 2 amide bonds. The number of ether oxygens (including phenoxy) is 1. The minimum Gasteiger partial charge on any atom is -0.484 e. The van der Waals surface area contributed by atoms with Crippen molar-refractivity contribution in [3.05, 3.63) is 64.1 Å². The third kappa shape index (κ3) is 7.69. The van der Waals surface area contributed by atoms with Gasteiger partial charge in [-0.1, -0.05) is 61.0 Å². The predicted molar refractivity (Wildman–Crippen MR) is 128 cm³/mol. The van der Waals surface area contributed by atoms with Gasteiger partial charge < -0.3 is 15.0 Å². The first-order valence-corrected chi connectivity index (χ1v) is 11.6. The van der Waals surface area contributed by atoms with E-state index in [-0.39, 0.29) is 24.5 Å². The number of nitrogens with zero attached hydrogens (tertiary/aromatic N) is 1. The van der Waals surface area contributed by atoms with Crippen LogP contribution < -0.4 is 10.1 Å². The van der Waals surface area contributed by atoms with Crippen molar-refractivity contribution in [2.45, 2.75) is 65.6 Å². The summed E-state index contributed by atoms with van der Waals surface area (Å²) < 4.78 is 6.70. The molecule has 0 aliphatic heterocycles. The topological polar surface area (TPSA) is 58.6 Å². The van der Waals surface area contributed by atoms with Crippen molar-refractivity contribution < 1.29 is 14.3 Å². The monoisotopic (exact) mass is 488 g/mol. The number of carbonyl (C=O) groups is 2. The number of hydrogen-bond donors (Lipinski definition) is 1. The molecule has 2 rings (SSSR count). The molecule has 0 unspecified atom stereocenters. The SMILES string of the molecule is CC[C@H](C)NC(=O)[C@H](C)N(Cc1ccc(Br)cc1)C(=O)COc1ccc(C(C)C)cc1. The number of hydrogen-bond acceptors (Lipinski definition) is 3. The normalized spacial score (nSPS) is 12.9. The van der Waals surface area contributed by atoms with Gasteiger partial charge in [-0.05, 0) is 61.6 Å². The molecule has 0 saturated heterocycles. The minimum atomic E-state index is -0.614. The van der Waals surface area contributed by atoms with E-state index >= 15 is 0 Å². The molecule has 0 saturated carbocycles. The first-order valence-electron chi connectivity index (χ1n) is 10.8. The van der Waals surface area contributed by atoms with E-state index in [1.165, 1.54) is 5.56 Å². The van der Waals surface area contributed by atoms with Crippen LogP contribution in [0.15, 0.2) is 53.0 Å². The van der Waals surface area contributed by atoms with Crippen LogP contribution >= 0.6 is 15.9 Å². The van der Waals surface area contributed by atoms with Gasteiger partial charge in [0.05, 0.1) is 0 Å². The zero-order chi connectivity index (χ0) is 23.0. The van der Waals surface area contributed by atoms with Gasteiger partial charge in [0.25, 0.3) is 5.91 Å². The van der Waals surface area contributed by atoms with Crippen molar-refractivity contribution in [2.24, 2.45) is 0 Å². The Labute approximate surface area is 194 Å². The second-order valence-corrected chi connectivity index (χ2v) is 9.07.